The SMILES string of the molecule is Nc1c(Cl)ccc(Cl)c1-c1nc(-c2ccco2)no1. The first-order valence-electron chi connectivity index (χ1n) is 5.28. The molecule has 19 heavy (non-hydrogen) atoms. The molecule has 2 N–H and O–H groups in total. The fourth-order valence-electron chi connectivity index (χ4n) is 1.62. The van der Waals surface area contributed by atoms with Gasteiger partial charge in [0.05, 0.1) is 27.6 Å². The van der Waals surface area contributed by atoms with Crippen LogP contribution in [0.2, 0.25) is 10.0 Å². The largest absolute Gasteiger partial charge is 0.461 e. The van der Waals surface area contributed by atoms with Crippen LogP contribution in [0.3, 0.4) is 0 Å². The van der Waals surface area contributed by atoms with E-state index in [1.807, 2.05) is 0 Å². The van der Waals surface area contributed by atoms with Crippen molar-refractivity contribution in [2.75, 3.05) is 5.73 Å². The Balaban J connectivity index is 2.11. The number of rotatable bonds is 2. The van der Waals surface area contributed by atoms with Crippen molar-refractivity contribution in [1.82, 2.24) is 10.1 Å². The molecule has 0 radical (unpaired) electrons. The normalized spacial score (nSPS) is 10.8. The zero-order chi connectivity index (χ0) is 13.4. The molecule has 2 aromatic heterocycles. The van der Waals surface area contributed by atoms with E-state index in [0.717, 1.165) is 0 Å². The minimum absolute atomic E-state index is 0.191. The lowest BCUT2D eigenvalue weighted by molar-refractivity contribution is 0.429. The molecule has 0 aliphatic heterocycles. The molecule has 0 aliphatic rings. The zero-order valence-electron chi connectivity index (χ0n) is 9.43. The second-order valence-corrected chi connectivity index (χ2v) is 4.53. The van der Waals surface area contributed by atoms with Gasteiger partial charge < -0.3 is 14.7 Å². The fourth-order valence-corrected chi connectivity index (χ4v) is 2.02. The first-order valence-corrected chi connectivity index (χ1v) is 6.04. The Labute approximate surface area is 117 Å². The van der Waals surface area contributed by atoms with Crippen LogP contribution < -0.4 is 5.73 Å². The predicted octanol–water partition coefficient (Wildman–Crippen LogP) is 3.89. The monoisotopic (exact) mass is 295 g/mol. The number of halogens is 2. The van der Waals surface area contributed by atoms with Crippen molar-refractivity contribution in [3.05, 3.63) is 40.6 Å². The third-order valence-electron chi connectivity index (χ3n) is 2.52. The van der Waals surface area contributed by atoms with Crippen molar-refractivity contribution in [2.24, 2.45) is 0 Å². The number of furan rings is 1. The van der Waals surface area contributed by atoms with Crippen molar-refractivity contribution in [1.29, 1.82) is 0 Å². The van der Waals surface area contributed by atoms with Gasteiger partial charge in [0.15, 0.2) is 5.76 Å². The highest BCUT2D eigenvalue weighted by Gasteiger charge is 2.18. The lowest BCUT2D eigenvalue weighted by Crippen LogP contribution is -1.92. The molecule has 96 valence electrons. The number of anilines is 1. The van der Waals surface area contributed by atoms with Crippen LogP contribution in [0.4, 0.5) is 5.69 Å². The molecule has 5 nitrogen and oxygen atoms in total. The van der Waals surface area contributed by atoms with Crippen molar-refractivity contribution >= 4 is 28.9 Å². The summed E-state index contributed by atoms with van der Waals surface area (Å²) in [5.74, 6) is 0.999. The Kier molecular flexibility index (Phi) is 2.93. The number of nitrogens with zero attached hydrogens (tertiary/aromatic N) is 2. The van der Waals surface area contributed by atoms with Crippen LogP contribution >= 0.6 is 23.2 Å². The van der Waals surface area contributed by atoms with Gasteiger partial charge in [-0.15, -0.1) is 0 Å². The zero-order valence-corrected chi connectivity index (χ0v) is 10.9. The lowest BCUT2D eigenvalue weighted by Gasteiger charge is -2.04. The molecule has 0 atom stereocenters. The van der Waals surface area contributed by atoms with E-state index in [1.54, 1.807) is 24.3 Å². The number of nitrogens with two attached hydrogens (primary N) is 1. The van der Waals surface area contributed by atoms with Crippen LogP contribution in [0, 0.1) is 0 Å². The van der Waals surface area contributed by atoms with Gasteiger partial charge in [-0.25, -0.2) is 0 Å². The van der Waals surface area contributed by atoms with Gasteiger partial charge >= 0.3 is 0 Å². The number of hydrogen-bond donors (Lipinski definition) is 1. The fraction of sp³-hybridized carbons (Fsp3) is 0. The molecule has 0 amide bonds. The van der Waals surface area contributed by atoms with Gasteiger partial charge in [-0.05, 0) is 24.3 Å². The van der Waals surface area contributed by atoms with Crippen molar-refractivity contribution in [3.63, 3.8) is 0 Å². The second kappa shape index (κ2) is 4.60. The van der Waals surface area contributed by atoms with Gasteiger partial charge in [-0.1, -0.05) is 28.4 Å². The average molecular weight is 296 g/mol. The van der Waals surface area contributed by atoms with E-state index in [-0.39, 0.29) is 5.89 Å². The molecule has 7 heteroatoms. The van der Waals surface area contributed by atoms with Crippen molar-refractivity contribution in [3.8, 4) is 23.0 Å². The minimum atomic E-state index is 0.191. The first kappa shape index (κ1) is 12.1. The van der Waals surface area contributed by atoms with Crippen LogP contribution in [-0.2, 0) is 0 Å². The topological polar surface area (TPSA) is 78.1 Å². The van der Waals surface area contributed by atoms with Gasteiger partial charge in [0.1, 0.15) is 0 Å². The van der Waals surface area contributed by atoms with E-state index >= 15 is 0 Å². The molecular formula is C12H7Cl2N3O2. The average Bonchev–Trinajstić information content (AvgIpc) is 3.04. The maximum Gasteiger partial charge on any atom is 0.262 e. The standard InChI is InChI=1S/C12H7Cl2N3O2/c13-6-3-4-7(14)10(15)9(6)12-16-11(17-19-12)8-2-1-5-18-8/h1-5H,15H2. The summed E-state index contributed by atoms with van der Waals surface area (Å²) in [6.45, 7) is 0. The summed E-state index contributed by atoms with van der Waals surface area (Å²) in [5, 5.41) is 4.57. The van der Waals surface area contributed by atoms with Crippen LogP contribution in [0.1, 0.15) is 0 Å². The maximum atomic E-state index is 6.08. The molecule has 0 unspecified atom stereocenters. The van der Waals surface area contributed by atoms with Crippen molar-refractivity contribution in [2.45, 2.75) is 0 Å². The number of nitrogen functional groups attached to an aromatic ring is 1. The van der Waals surface area contributed by atoms with E-state index in [1.165, 1.54) is 6.26 Å². The summed E-state index contributed by atoms with van der Waals surface area (Å²) < 4.78 is 10.3. The summed E-state index contributed by atoms with van der Waals surface area (Å²) in [7, 11) is 0. The second-order valence-electron chi connectivity index (χ2n) is 3.72. The summed E-state index contributed by atoms with van der Waals surface area (Å²) in [6.07, 6.45) is 1.52. The van der Waals surface area contributed by atoms with Gasteiger partial charge in [0, 0.05) is 0 Å². The van der Waals surface area contributed by atoms with E-state index in [2.05, 4.69) is 10.1 Å². The molecule has 1 aromatic carbocycles. The summed E-state index contributed by atoms with van der Waals surface area (Å²) in [6, 6.07) is 6.67. The summed E-state index contributed by atoms with van der Waals surface area (Å²) in [4.78, 5) is 4.19. The Hall–Kier alpha value is -1.98. The van der Waals surface area contributed by atoms with Gasteiger partial charge in [-0.2, -0.15) is 4.98 Å². The molecule has 0 saturated carbocycles. The number of aromatic nitrogens is 2. The van der Waals surface area contributed by atoms with E-state index in [4.69, 9.17) is 37.9 Å². The van der Waals surface area contributed by atoms with Crippen LogP contribution in [0.15, 0.2) is 39.5 Å². The van der Waals surface area contributed by atoms with Crippen molar-refractivity contribution < 1.29 is 8.94 Å². The van der Waals surface area contributed by atoms with Crippen LogP contribution in [0.5, 0.6) is 0 Å². The highest BCUT2D eigenvalue weighted by Crippen LogP contribution is 2.37. The third kappa shape index (κ3) is 2.07. The van der Waals surface area contributed by atoms with Crippen LogP contribution in [0.25, 0.3) is 23.0 Å². The molecule has 0 aliphatic carbocycles. The Morgan fingerprint density at radius 2 is 1.89 bits per heavy atom. The highest BCUT2D eigenvalue weighted by molar-refractivity contribution is 6.37. The van der Waals surface area contributed by atoms with Gasteiger partial charge in [-0.3, -0.25) is 0 Å². The molecule has 3 aromatic rings. The molecule has 3 rings (SSSR count). The Morgan fingerprint density at radius 1 is 1.11 bits per heavy atom. The number of benzene rings is 1. The van der Waals surface area contributed by atoms with Gasteiger partial charge in [0.25, 0.3) is 5.89 Å². The lowest BCUT2D eigenvalue weighted by atomic mass is 10.2. The third-order valence-corrected chi connectivity index (χ3v) is 3.17. The molecule has 0 spiro atoms. The van der Waals surface area contributed by atoms with E-state index in [0.29, 0.717) is 32.9 Å². The summed E-state index contributed by atoms with van der Waals surface area (Å²) in [5.41, 5.74) is 6.59. The number of hydrogen-bond acceptors (Lipinski definition) is 5. The van der Waals surface area contributed by atoms with E-state index < -0.39 is 0 Å². The predicted molar refractivity (Wildman–Crippen MR) is 71.9 cm³/mol. The molecular weight excluding hydrogens is 289 g/mol. The Bertz CT molecular complexity index is 723. The first-order chi connectivity index (χ1) is 9.16. The quantitative estimate of drug-likeness (QED) is 0.726. The van der Waals surface area contributed by atoms with Gasteiger partial charge in [0.2, 0.25) is 5.82 Å². The molecule has 0 bridgehead atoms. The molecule has 0 fully saturated rings. The van der Waals surface area contributed by atoms with Crippen LogP contribution in [-0.4, -0.2) is 10.1 Å². The highest BCUT2D eigenvalue weighted by atomic mass is 35.5. The Morgan fingerprint density at radius 3 is 2.63 bits per heavy atom. The molecule has 2 heterocycles. The smallest absolute Gasteiger partial charge is 0.262 e. The van der Waals surface area contributed by atoms with E-state index in [9.17, 15) is 0 Å². The molecule has 0 saturated heterocycles. The minimum Gasteiger partial charge on any atom is -0.461 e. The summed E-state index contributed by atoms with van der Waals surface area (Å²) >= 11 is 12.0. The maximum absolute atomic E-state index is 6.08.